The summed E-state index contributed by atoms with van der Waals surface area (Å²) in [6.07, 6.45) is 4.67. The number of esters is 2. The molecule has 0 amide bonds. The second kappa shape index (κ2) is 13.3. The van der Waals surface area contributed by atoms with Crippen LogP contribution in [-0.2, 0) is 25.5 Å². The Kier molecular flexibility index (Phi) is 9.39. The van der Waals surface area contributed by atoms with Gasteiger partial charge in [-0.3, -0.25) is 14.6 Å². The molecule has 49 heavy (non-hydrogen) atoms. The molecule has 6 rings (SSSR count). The van der Waals surface area contributed by atoms with Gasteiger partial charge >= 0.3 is 17.6 Å². The van der Waals surface area contributed by atoms with Crippen LogP contribution in [0.3, 0.4) is 0 Å². The van der Waals surface area contributed by atoms with E-state index in [4.69, 9.17) is 23.4 Å². The van der Waals surface area contributed by atoms with Crippen molar-refractivity contribution < 1.29 is 38.1 Å². The molecule has 2 unspecified atom stereocenters. The first-order valence-corrected chi connectivity index (χ1v) is 17.2. The fourth-order valence-electron chi connectivity index (χ4n) is 9.14. The SMILES string of the molecule is COc1ccc(CCCC(=O)O[C@H]2CC3[C@](C)(CC[C@H](C)[C@@]3(C)COC(C)=O)C3[C@@H](O)c4c(cc(-c5cccnc5)oc4=O)O[C@@]32C)cc1. The van der Waals surface area contributed by atoms with E-state index >= 15 is 0 Å². The van der Waals surface area contributed by atoms with Crippen LogP contribution in [0.5, 0.6) is 11.5 Å². The Hall–Kier alpha value is -4.18. The van der Waals surface area contributed by atoms with E-state index in [9.17, 15) is 19.5 Å². The number of ether oxygens (including phenoxy) is 4. The zero-order valence-corrected chi connectivity index (χ0v) is 29.2. The number of aryl methyl sites for hydroxylation is 1. The van der Waals surface area contributed by atoms with Crippen molar-refractivity contribution in [2.45, 2.75) is 91.0 Å². The standard InChI is InChI=1S/C39H47NO9/c1-23-16-17-37(3)30(38(23,4)22-46-24(2)41)20-31(48-32(42)11-7-9-25-12-14-27(45-6)15-13-25)39(5)35(37)34(43)33-29(49-39)19-28(47-36(33)44)26-10-8-18-40-21-26/h8,10,12-15,18-19,21,23,30-31,34-35,43H,7,9,11,16-17,20,22H2,1-6H3/t23-,30?,31-,34-,35?,37-,38+,39+/m0/s1. The summed E-state index contributed by atoms with van der Waals surface area (Å²) in [6, 6.07) is 12.9. The van der Waals surface area contributed by atoms with Crippen molar-refractivity contribution in [2.75, 3.05) is 13.7 Å². The smallest absolute Gasteiger partial charge is 0.345 e. The minimum absolute atomic E-state index is 0.0573. The van der Waals surface area contributed by atoms with Crippen LogP contribution in [0, 0.1) is 28.6 Å². The van der Waals surface area contributed by atoms with E-state index in [-0.39, 0.29) is 53.9 Å². The summed E-state index contributed by atoms with van der Waals surface area (Å²) in [4.78, 5) is 43.4. The number of benzene rings is 1. The van der Waals surface area contributed by atoms with Crippen LogP contribution in [0.4, 0.5) is 0 Å². The zero-order valence-electron chi connectivity index (χ0n) is 29.2. The van der Waals surface area contributed by atoms with Gasteiger partial charge in [-0.05, 0) is 86.1 Å². The third-order valence-electron chi connectivity index (χ3n) is 12.0. The number of carbonyl (C=O) groups is 2. The molecule has 1 aromatic carbocycles. The number of fused-ring (bicyclic) bond motifs is 4. The van der Waals surface area contributed by atoms with Gasteiger partial charge in [0.25, 0.3) is 0 Å². The van der Waals surface area contributed by atoms with Crippen LogP contribution in [0.2, 0.25) is 0 Å². The lowest BCUT2D eigenvalue weighted by atomic mass is 9.41. The van der Waals surface area contributed by atoms with E-state index in [1.54, 1.807) is 37.7 Å². The van der Waals surface area contributed by atoms with E-state index in [1.807, 2.05) is 31.2 Å². The van der Waals surface area contributed by atoms with Crippen molar-refractivity contribution in [1.82, 2.24) is 4.98 Å². The number of aliphatic hydroxyl groups is 1. The highest BCUT2D eigenvalue weighted by Crippen LogP contribution is 2.68. The Labute approximate surface area is 287 Å². The van der Waals surface area contributed by atoms with Gasteiger partial charge in [0.15, 0.2) is 0 Å². The molecule has 2 aliphatic carbocycles. The van der Waals surface area contributed by atoms with Crippen molar-refractivity contribution in [3.05, 3.63) is 76.4 Å². The molecule has 0 spiro atoms. The third kappa shape index (κ3) is 6.24. The number of nitrogens with zero attached hydrogens (tertiary/aromatic N) is 1. The Balaban J connectivity index is 1.36. The van der Waals surface area contributed by atoms with Gasteiger partial charge in [-0.15, -0.1) is 0 Å². The van der Waals surface area contributed by atoms with Gasteiger partial charge in [-0.25, -0.2) is 4.79 Å². The van der Waals surface area contributed by atoms with Crippen molar-refractivity contribution in [2.24, 2.45) is 28.6 Å². The lowest BCUT2D eigenvalue weighted by molar-refractivity contribution is -0.262. The Morgan fingerprint density at radius 2 is 1.88 bits per heavy atom. The maximum Gasteiger partial charge on any atom is 0.345 e. The highest BCUT2D eigenvalue weighted by Gasteiger charge is 2.70. The Morgan fingerprint density at radius 3 is 2.55 bits per heavy atom. The molecule has 0 saturated heterocycles. The summed E-state index contributed by atoms with van der Waals surface area (Å²) < 4.78 is 29.9. The number of aromatic nitrogens is 1. The predicted octanol–water partition coefficient (Wildman–Crippen LogP) is 6.47. The minimum Gasteiger partial charge on any atom is -0.497 e. The molecule has 2 fully saturated rings. The van der Waals surface area contributed by atoms with Crippen LogP contribution in [-0.4, -0.2) is 47.5 Å². The number of hydrogen-bond acceptors (Lipinski definition) is 10. The molecule has 3 heterocycles. The van der Waals surface area contributed by atoms with E-state index in [1.165, 1.54) is 6.92 Å². The van der Waals surface area contributed by atoms with Gasteiger partial charge in [0, 0.05) is 48.7 Å². The van der Waals surface area contributed by atoms with Gasteiger partial charge in [0.2, 0.25) is 0 Å². The summed E-state index contributed by atoms with van der Waals surface area (Å²) in [6.45, 7) is 9.90. The van der Waals surface area contributed by atoms with Crippen LogP contribution in [0.25, 0.3) is 11.3 Å². The number of rotatable bonds is 9. The monoisotopic (exact) mass is 673 g/mol. The number of pyridine rings is 1. The molecule has 2 aromatic heterocycles. The number of hydrogen-bond donors (Lipinski definition) is 1. The second-order valence-corrected chi connectivity index (χ2v) is 14.8. The average molecular weight is 674 g/mol. The maximum absolute atomic E-state index is 13.6. The zero-order chi connectivity index (χ0) is 35.1. The molecule has 8 atom stereocenters. The normalized spacial score (nSPS) is 31.7. The van der Waals surface area contributed by atoms with Crippen molar-refractivity contribution in [1.29, 1.82) is 0 Å². The first kappa shape index (κ1) is 34.7. The summed E-state index contributed by atoms with van der Waals surface area (Å²) in [5.74, 6) is -0.0854. The molecule has 3 aromatic rings. The predicted molar refractivity (Wildman–Crippen MR) is 181 cm³/mol. The molecular weight excluding hydrogens is 626 g/mol. The topological polar surface area (TPSA) is 134 Å². The van der Waals surface area contributed by atoms with Crippen LogP contribution >= 0.6 is 0 Å². The lowest BCUT2D eigenvalue weighted by Crippen LogP contribution is -2.70. The number of methoxy groups -OCH3 is 1. The van der Waals surface area contributed by atoms with E-state index in [0.29, 0.717) is 24.8 Å². The summed E-state index contributed by atoms with van der Waals surface area (Å²) >= 11 is 0. The first-order chi connectivity index (χ1) is 23.3. The largest absolute Gasteiger partial charge is 0.497 e. The summed E-state index contributed by atoms with van der Waals surface area (Å²) in [5.41, 5.74) is -1.20. The van der Waals surface area contributed by atoms with E-state index in [0.717, 1.165) is 24.2 Å². The van der Waals surface area contributed by atoms with Gasteiger partial charge in [0.05, 0.1) is 19.8 Å². The molecule has 0 bridgehead atoms. The summed E-state index contributed by atoms with van der Waals surface area (Å²) in [7, 11) is 1.62. The van der Waals surface area contributed by atoms with Crippen molar-refractivity contribution in [3.8, 4) is 22.8 Å². The molecule has 262 valence electrons. The van der Waals surface area contributed by atoms with Crippen LogP contribution in [0.1, 0.15) is 84.0 Å². The fraction of sp³-hybridized carbons (Fsp3) is 0.538. The molecule has 10 nitrogen and oxygen atoms in total. The Morgan fingerprint density at radius 1 is 1.12 bits per heavy atom. The number of aliphatic hydroxyl groups excluding tert-OH is 1. The van der Waals surface area contributed by atoms with Gasteiger partial charge in [0.1, 0.15) is 34.5 Å². The Bertz CT molecular complexity index is 1740. The highest BCUT2D eigenvalue weighted by atomic mass is 16.6. The molecule has 0 radical (unpaired) electrons. The molecule has 10 heteroatoms. The lowest BCUT2D eigenvalue weighted by Gasteiger charge is -2.66. The van der Waals surface area contributed by atoms with E-state index in [2.05, 4.69) is 25.8 Å². The van der Waals surface area contributed by atoms with Crippen LogP contribution in [0.15, 0.2) is 64.1 Å². The van der Waals surface area contributed by atoms with Gasteiger partial charge in [-0.1, -0.05) is 32.9 Å². The quantitative estimate of drug-likeness (QED) is 0.252. The molecule has 1 N–H and O–H groups in total. The molecule has 1 aliphatic heterocycles. The summed E-state index contributed by atoms with van der Waals surface area (Å²) in [5, 5.41) is 12.3. The average Bonchev–Trinajstić information content (AvgIpc) is 3.07. The molecule has 3 aliphatic rings. The van der Waals surface area contributed by atoms with Crippen molar-refractivity contribution in [3.63, 3.8) is 0 Å². The molecule has 2 saturated carbocycles. The molecular formula is C39H47NO9. The van der Waals surface area contributed by atoms with Gasteiger partial charge < -0.3 is 28.5 Å². The van der Waals surface area contributed by atoms with E-state index < -0.39 is 40.2 Å². The first-order valence-electron chi connectivity index (χ1n) is 17.2. The fourth-order valence-corrected chi connectivity index (χ4v) is 9.14. The van der Waals surface area contributed by atoms with Gasteiger partial charge in [-0.2, -0.15) is 0 Å². The maximum atomic E-state index is 13.6. The minimum atomic E-state index is -1.26. The van der Waals surface area contributed by atoms with Crippen LogP contribution < -0.4 is 15.1 Å². The van der Waals surface area contributed by atoms with Crippen molar-refractivity contribution >= 4 is 11.9 Å². The second-order valence-electron chi connectivity index (χ2n) is 14.8. The highest BCUT2D eigenvalue weighted by molar-refractivity contribution is 5.70. The number of carbonyl (C=O) groups excluding carboxylic acids is 2. The third-order valence-corrected chi connectivity index (χ3v) is 12.0.